The number of allylic oxidation sites excluding steroid dienone is 1. The van der Waals surface area contributed by atoms with Crippen LogP contribution >= 0.6 is 0 Å². The first-order valence-electron chi connectivity index (χ1n) is 13.0. The summed E-state index contributed by atoms with van der Waals surface area (Å²) in [5.74, 6) is -8.42. The van der Waals surface area contributed by atoms with E-state index < -0.39 is 81.8 Å². The minimum absolute atomic E-state index is 0.0455. The van der Waals surface area contributed by atoms with E-state index in [1.165, 1.54) is 30.0 Å². The molecule has 3 unspecified atom stereocenters. The van der Waals surface area contributed by atoms with Gasteiger partial charge in [0.05, 0.1) is 17.3 Å². The Balaban J connectivity index is 1.72. The smallest absolute Gasteiger partial charge is 0.408 e. The third-order valence-corrected chi connectivity index (χ3v) is 7.91. The number of ketones is 2. The number of phenolic OH excluding ortho intramolecular Hbond substituents is 1. The summed E-state index contributed by atoms with van der Waals surface area (Å²) in [6.07, 6.45) is 0.525. The number of nitrogens with one attached hydrogen (secondary N) is 2. The fraction of sp³-hybridized carbons (Fsp3) is 0.393. The number of alkyl carbamates (subject to hydrolysis) is 1. The molecule has 1 aromatic carbocycles. The van der Waals surface area contributed by atoms with Crippen molar-refractivity contribution in [1.29, 1.82) is 0 Å². The first-order chi connectivity index (χ1) is 19.7. The highest BCUT2D eigenvalue weighted by Gasteiger charge is 2.63. The number of likely N-dealkylation sites (N-methyl/N-ethyl adjacent to an activating group) is 1. The summed E-state index contributed by atoms with van der Waals surface area (Å²) in [5, 5.41) is 49.5. The van der Waals surface area contributed by atoms with Crippen LogP contribution in [0.4, 0.5) is 10.5 Å². The molecule has 0 heterocycles. The van der Waals surface area contributed by atoms with Crippen LogP contribution < -0.4 is 16.4 Å². The number of benzene rings is 1. The Hall–Kier alpha value is -4.69. The average Bonchev–Trinajstić information content (AvgIpc) is 2.90. The van der Waals surface area contributed by atoms with Crippen LogP contribution in [0.2, 0.25) is 0 Å². The number of amides is 3. The number of aliphatic hydroxyl groups is 3. The van der Waals surface area contributed by atoms with Gasteiger partial charge < -0.3 is 41.5 Å². The van der Waals surface area contributed by atoms with E-state index in [-0.39, 0.29) is 36.3 Å². The van der Waals surface area contributed by atoms with Crippen molar-refractivity contribution in [3.63, 3.8) is 0 Å². The number of Topliss-reactive ketones (excluding diaryl/α,β-unsaturated/α-hetero) is 2. The Morgan fingerprint density at radius 1 is 1.24 bits per heavy atom. The number of rotatable bonds is 7. The van der Waals surface area contributed by atoms with Crippen LogP contribution in [0.15, 0.2) is 47.5 Å². The quantitative estimate of drug-likeness (QED) is 0.131. The monoisotopic (exact) mass is 584 g/mol. The van der Waals surface area contributed by atoms with Crippen LogP contribution in [-0.2, 0) is 25.5 Å². The van der Waals surface area contributed by atoms with E-state index in [1.807, 2.05) is 0 Å². The van der Waals surface area contributed by atoms with E-state index in [4.69, 9.17) is 10.5 Å². The molecular formula is C28H32N4O10. The molecular weight excluding hydrogens is 552 g/mol. The van der Waals surface area contributed by atoms with Gasteiger partial charge in [0.2, 0.25) is 11.7 Å². The van der Waals surface area contributed by atoms with Crippen molar-refractivity contribution < 1.29 is 49.1 Å². The Morgan fingerprint density at radius 3 is 2.50 bits per heavy atom. The number of hydrogen-bond donors (Lipinski definition) is 7. The second-order valence-corrected chi connectivity index (χ2v) is 10.7. The molecule has 0 aromatic heterocycles. The zero-order valence-corrected chi connectivity index (χ0v) is 23.1. The van der Waals surface area contributed by atoms with Gasteiger partial charge in [0.25, 0.3) is 5.91 Å². The van der Waals surface area contributed by atoms with Crippen LogP contribution in [-0.4, -0.2) is 93.2 Å². The summed E-state index contributed by atoms with van der Waals surface area (Å²) >= 11 is 0. The summed E-state index contributed by atoms with van der Waals surface area (Å²) in [4.78, 5) is 65.1. The maximum Gasteiger partial charge on any atom is 0.408 e. The molecule has 5 atom stereocenters. The minimum Gasteiger partial charge on any atom is -0.510 e. The van der Waals surface area contributed by atoms with Crippen LogP contribution in [0.3, 0.4) is 0 Å². The number of anilines is 1. The Bertz CT molecular complexity index is 1480. The molecule has 8 N–H and O–H groups in total. The van der Waals surface area contributed by atoms with Gasteiger partial charge >= 0.3 is 6.09 Å². The van der Waals surface area contributed by atoms with Crippen LogP contribution in [0.25, 0.3) is 0 Å². The number of nitrogens with zero attached hydrogens (tertiary/aromatic N) is 1. The van der Waals surface area contributed by atoms with Gasteiger partial charge in [-0.2, -0.15) is 0 Å². The summed E-state index contributed by atoms with van der Waals surface area (Å²) in [6.45, 7) is 4.71. The lowest BCUT2D eigenvalue weighted by Crippen LogP contribution is -2.63. The van der Waals surface area contributed by atoms with Crippen LogP contribution in [0.1, 0.15) is 29.3 Å². The maximum absolute atomic E-state index is 13.8. The summed E-state index contributed by atoms with van der Waals surface area (Å²) in [7, 11) is 3.09. The zero-order valence-electron chi connectivity index (χ0n) is 23.1. The number of hydrogen-bond acceptors (Lipinski definition) is 11. The normalized spacial score (nSPS) is 25.7. The topological polar surface area (TPSA) is 229 Å². The lowest BCUT2D eigenvalue weighted by Gasteiger charge is -2.50. The molecule has 0 aliphatic heterocycles. The predicted octanol–water partition coefficient (Wildman–Crippen LogP) is 0.360. The molecule has 14 heteroatoms. The van der Waals surface area contributed by atoms with E-state index in [2.05, 4.69) is 17.2 Å². The first-order valence-corrected chi connectivity index (χ1v) is 13.0. The molecule has 42 heavy (non-hydrogen) atoms. The number of ether oxygens (including phenoxy) is 1. The lowest BCUT2D eigenvalue weighted by atomic mass is 9.58. The van der Waals surface area contributed by atoms with E-state index in [0.717, 1.165) is 0 Å². The van der Waals surface area contributed by atoms with E-state index >= 15 is 0 Å². The molecule has 3 aliphatic rings. The summed E-state index contributed by atoms with van der Waals surface area (Å²) in [5.41, 5.74) is 1.30. The van der Waals surface area contributed by atoms with E-state index in [1.54, 1.807) is 14.1 Å². The second-order valence-electron chi connectivity index (χ2n) is 10.7. The highest BCUT2D eigenvalue weighted by atomic mass is 16.5. The third-order valence-electron chi connectivity index (χ3n) is 7.91. The molecule has 0 saturated carbocycles. The lowest BCUT2D eigenvalue weighted by molar-refractivity contribution is -0.148. The standard InChI is InChI=1S/C28H32N4O10/c1-5-8-42-27(40)30-11(2)26(39)31-15-7-6-12-9-13-10-14-19(32(3)4)22(35)18(25(29)38)24(37)28(14,41)23(36)17(13)21(34)16(12)20(15)33/h5-7,11,13-14,19,33,35-36,41H,1,8-10H2,2-4H3,(H2,29,38)(H,30,40)(H,31,39)/t11?,13?,14?,19-,28-/m0/s1. The molecule has 4 rings (SSSR count). The zero-order chi connectivity index (χ0) is 31.3. The third kappa shape index (κ3) is 4.67. The number of carbonyl (C=O) groups excluding carboxylic acids is 5. The molecule has 0 saturated heterocycles. The average molecular weight is 585 g/mol. The Morgan fingerprint density at radius 2 is 1.90 bits per heavy atom. The van der Waals surface area contributed by atoms with E-state index in [9.17, 15) is 44.4 Å². The Kier molecular flexibility index (Phi) is 7.89. The number of phenols is 1. The van der Waals surface area contributed by atoms with E-state index in [0.29, 0.717) is 5.56 Å². The second kappa shape index (κ2) is 10.9. The van der Waals surface area contributed by atoms with Crippen molar-refractivity contribution in [3.8, 4) is 5.75 Å². The largest absolute Gasteiger partial charge is 0.510 e. The predicted molar refractivity (Wildman–Crippen MR) is 146 cm³/mol. The molecule has 0 bridgehead atoms. The SMILES string of the molecule is C=CCOC(=O)NC(C)C(=O)Nc1ccc2c(c1O)C(=O)C1=C(O)[C@]3(O)C(=O)C(C(N)=O)=C(O)[C@@H](N(C)C)C3CC1C2. The molecule has 224 valence electrons. The number of nitrogens with two attached hydrogens (primary N) is 1. The van der Waals surface area contributed by atoms with Crippen LogP contribution in [0.5, 0.6) is 5.75 Å². The molecule has 0 spiro atoms. The molecule has 14 nitrogen and oxygen atoms in total. The van der Waals surface area contributed by atoms with Crippen molar-refractivity contribution in [2.75, 3.05) is 26.0 Å². The highest BCUT2D eigenvalue weighted by Crippen LogP contribution is 2.52. The number of aromatic hydroxyl groups is 1. The van der Waals surface area contributed by atoms with Crippen molar-refractivity contribution in [2.45, 2.75) is 37.5 Å². The molecule has 3 aliphatic carbocycles. The fourth-order valence-electron chi connectivity index (χ4n) is 5.99. The molecule has 0 fully saturated rings. The van der Waals surface area contributed by atoms with Crippen LogP contribution in [0, 0.1) is 11.8 Å². The number of carbonyl (C=O) groups is 5. The molecule has 3 amide bonds. The molecule has 0 radical (unpaired) electrons. The van der Waals surface area contributed by atoms with Gasteiger partial charge in [-0.3, -0.25) is 24.1 Å². The maximum atomic E-state index is 13.8. The van der Waals surface area contributed by atoms with Gasteiger partial charge in [0.15, 0.2) is 17.1 Å². The van der Waals surface area contributed by atoms with Gasteiger partial charge in [-0.25, -0.2) is 4.79 Å². The highest BCUT2D eigenvalue weighted by molar-refractivity contribution is 6.25. The van der Waals surface area contributed by atoms with Gasteiger partial charge in [-0.1, -0.05) is 18.7 Å². The number of aliphatic hydroxyl groups excluding tert-OH is 2. The van der Waals surface area contributed by atoms with Gasteiger partial charge in [-0.05, 0) is 51.4 Å². The number of primary amides is 1. The van der Waals surface area contributed by atoms with Gasteiger partial charge in [-0.15, -0.1) is 0 Å². The first kappa shape index (κ1) is 30.3. The fourth-order valence-corrected chi connectivity index (χ4v) is 5.99. The Labute approximate surface area is 240 Å². The summed E-state index contributed by atoms with van der Waals surface area (Å²) in [6, 6.07) is 0.688. The van der Waals surface area contributed by atoms with Gasteiger partial charge in [0.1, 0.15) is 29.7 Å². The van der Waals surface area contributed by atoms with Crippen molar-refractivity contribution >= 4 is 35.2 Å². The summed E-state index contributed by atoms with van der Waals surface area (Å²) < 4.78 is 4.77. The van der Waals surface area contributed by atoms with Crippen molar-refractivity contribution in [3.05, 3.63) is 58.6 Å². The van der Waals surface area contributed by atoms with Gasteiger partial charge in [0, 0.05) is 11.5 Å². The van der Waals surface area contributed by atoms with Crippen molar-refractivity contribution in [1.82, 2.24) is 10.2 Å². The minimum atomic E-state index is -2.76. The van der Waals surface area contributed by atoms with Crippen molar-refractivity contribution in [2.24, 2.45) is 17.6 Å². The molecule has 1 aromatic rings. The number of fused-ring (bicyclic) bond motifs is 3.